The van der Waals surface area contributed by atoms with Crippen LogP contribution in [0.15, 0.2) is 91.0 Å². The number of fused-ring (bicyclic) bond motifs is 1. The molecule has 3 aromatic carbocycles. The van der Waals surface area contributed by atoms with Gasteiger partial charge >= 0.3 is 5.97 Å². The third kappa shape index (κ3) is 4.97. The molecule has 178 valence electrons. The molecule has 35 heavy (non-hydrogen) atoms. The average Bonchev–Trinajstić information content (AvgIpc) is 3.32. The van der Waals surface area contributed by atoms with Crippen LogP contribution in [0.2, 0.25) is 0 Å². The summed E-state index contributed by atoms with van der Waals surface area (Å²) in [7, 11) is 0. The Bertz CT molecular complexity index is 1140. The topological polar surface area (TPSA) is 66.9 Å². The minimum Gasteiger partial charge on any atom is -0.460 e. The van der Waals surface area contributed by atoms with Crippen LogP contribution in [0.5, 0.6) is 0 Å². The summed E-state index contributed by atoms with van der Waals surface area (Å²) in [5.41, 5.74) is 2.82. The first-order valence-electron chi connectivity index (χ1n) is 12.0. The molecule has 3 aromatic rings. The molecular formula is C29H28N2O4. The molecule has 2 aliphatic heterocycles. The Morgan fingerprint density at radius 3 is 2.03 bits per heavy atom. The molecule has 0 aromatic heterocycles. The van der Waals surface area contributed by atoms with E-state index in [1.165, 1.54) is 0 Å². The van der Waals surface area contributed by atoms with Crippen molar-refractivity contribution in [1.29, 1.82) is 0 Å². The molecule has 5 rings (SSSR count). The van der Waals surface area contributed by atoms with Crippen LogP contribution in [0.3, 0.4) is 0 Å². The summed E-state index contributed by atoms with van der Waals surface area (Å²) in [6, 6.07) is 28.4. The van der Waals surface area contributed by atoms with Crippen LogP contribution in [-0.4, -0.2) is 59.4 Å². The molecule has 0 radical (unpaired) electrons. The van der Waals surface area contributed by atoms with Crippen LogP contribution in [0.1, 0.15) is 29.0 Å². The second-order valence-corrected chi connectivity index (χ2v) is 9.11. The second kappa shape index (κ2) is 10.1. The Morgan fingerprint density at radius 2 is 1.43 bits per heavy atom. The Hall–Kier alpha value is -3.93. The van der Waals surface area contributed by atoms with Gasteiger partial charge in [-0.25, -0.2) is 0 Å². The number of amides is 2. The SMILES string of the molecule is O=C(O[C@@H]1C[C@H]2C(=O)N(CCc3ccccc3)CC(=O)N2C1)C(c1ccccc1)c1ccccc1. The molecule has 6 heteroatoms. The van der Waals surface area contributed by atoms with Gasteiger partial charge in [0.1, 0.15) is 18.1 Å². The van der Waals surface area contributed by atoms with Crippen LogP contribution >= 0.6 is 0 Å². The number of hydrogen-bond donors (Lipinski definition) is 0. The van der Waals surface area contributed by atoms with E-state index >= 15 is 0 Å². The van der Waals surface area contributed by atoms with Crippen LogP contribution in [0, 0.1) is 0 Å². The summed E-state index contributed by atoms with van der Waals surface area (Å²) in [5, 5.41) is 0. The Kier molecular flexibility index (Phi) is 6.62. The van der Waals surface area contributed by atoms with E-state index in [1.54, 1.807) is 9.80 Å². The fourth-order valence-corrected chi connectivity index (χ4v) is 5.02. The standard InChI is InChI=1S/C29H28N2O4/c32-26-20-30(17-16-21-10-4-1-5-11-21)28(33)25-18-24(19-31(25)26)35-29(34)27(22-12-6-2-7-13-22)23-14-8-3-9-15-23/h1-15,24-25,27H,16-20H2/t24-,25+/m1/s1. The van der Waals surface area contributed by atoms with Gasteiger partial charge in [-0.3, -0.25) is 14.4 Å². The maximum Gasteiger partial charge on any atom is 0.318 e. The monoisotopic (exact) mass is 468 g/mol. The fourth-order valence-electron chi connectivity index (χ4n) is 5.02. The zero-order valence-electron chi connectivity index (χ0n) is 19.5. The largest absolute Gasteiger partial charge is 0.460 e. The van der Waals surface area contributed by atoms with E-state index in [-0.39, 0.29) is 30.9 Å². The molecule has 2 amide bonds. The van der Waals surface area contributed by atoms with Crippen molar-refractivity contribution >= 4 is 17.8 Å². The third-order valence-corrected chi connectivity index (χ3v) is 6.80. The number of carbonyl (C=O) groups excluding carboxylic acids is 3. The Morgan fingerprint density at radius 1 is 0.857 bits per heavy atom. The van der Waals surface area contributed by atoms with Crippen LogP contribution < -0.4 is 0 Å². The first-order chi connectivity index (χ1) is 17.1. The molecule has 2 aliphatic rings. The van der Waals surface area contributed by atoms with Crippen LogP contribution in [0.4, 0.5) is 0 Å². The number of nitrogens with zero attached hydrogens (tertiary/aromatic N) is 2. The van der Waals surface area contributed by atoms with Crippen molar-refractivity contribution in [3.63, 3.8) is 0 Å². The molecular weight excluding hydrogens is 440 g/mol. The lowest BCUT2D eigenvalue weighted by atomic mass is 9.91. The van der Waals surface area contributed by atoms with E-state index in [4.69, 9.17) is 4.74 Å². The molecule has 0 unspecified atom stereocenters. The summed E-state index contributed by atoms with van der Waals surface area (Å²) >= 11 is 0. The fraction of sp³-hybridized carbons (Fsp3) is 0.276. The van der Waals surface area contributed by atoms with Gasteiger partial charge in [0.05, 0.1) is 13.1 Å². The molecule has 0 spiro atoms. The van der Waals surface area contributed by atoms with Crippen molar-refractivity contribution < 1.29 is 19.1 Å². The lowest BCUT2D eigenvalue weighted by molar-refractivity contribution is -0.153. The average molecular weight is 469 g/mol. The normalized spacial score (nSPS) is 19.7. The highest BCUT2D eigenvalue weighted by atomic mass is 16.5. The third-order valence-electron chi connectivity index (χ3n) is 6.80. The van der Waals surface area contributed by atoms with Gasteiger partial charge in [-0.05, 0) is 23.1 Å². The van der Waals surface area contributed by atoms with Gasteiger partial charge in [0, 0.05) is 13.0 Å². The number of piperazine rings is 1. The number of hydrogen-bond acceptors (Lipinski definition) is 4. The highest BCUT2D eigenvalue weighted by Crippen LogP contribution is 2.30. The van der Waals surface area contributed by atoms with Crippen molar-refractivity contribution in [3.8, 4) is 0 Å². The lowest BCUT2D eigenvalue weighted by Gasteiger charge is -2.36. The van der Waals surface area contributed by atoms with Crippen LogP contribution in [0.25, 0.3) is 0 Å². The van der Waals surface area contributed by atoms with Gasteiger partial charge in [0.25, 0.3) is 0 Å². The van der Waals surface area contributed by atoms with Gasteiger partial charge in [-0.15, -0.1) is 0 Å². The van der Waals surface area contributed by atoms with E-state index in [0.29, 0.717) is 19.4 Å². The van der Waals surface area contributed by atoms with Gasteiger partial charge in [0.2, 0.25) is 11.8 Å². The van der Waals surface area contributed by atoms with E-state index in [0.717, 1.165) is 16.7 Å². The summed E-state index contributed by atoms with van der Waals surface area (Å²) in [6.45, 7) is 0.816. The number of benzene rings is 3. The minimum atomic E-state index is -0.572. The molecule has 0 N–H and O–H groups in total. The van der Waals surface area contributed by atoms with Gasteiger partial charge in [-0.2, -0.15) is 0 Å². The number of rotatable bonds is 7. The number of carbonyl (C=O) groups is 3. The smallest absolute Gasteiger partial charge is 0.318 e. The van der Waals surface area contributed by atoms with Gasteiger partial charge in [0.15, 0.2) is 0 Å². The van der Waals surface area contributed by atoms with Crippen molar-refractivity contribution in [3.05, 3.63) is 108 Å². The molecule has 6 nitrogen and oxygen atoms in total. The van der Waals surface area contributed by atoms with E-state index in [9.17, 15) is 14.4 Å². The zero-order chi connectivity index (χ0) is 24.2. The van der Waals surface area contributed by atoms with Gasteiger partial charge in [-0.1, -0.05) is 91.0 Å². The highest BCUT2D eigenvalue weighted by Gasteiger charge is 2.47. The molecule has 0 saturated carbocycles. The predicted molar refractivity (Wildman–Crippen MR) is 131 cm³/mol. The second-order valence-electron chi connectivity index (χ2n) is 9.11. The van der Waals surface area contributed by atoms with Crippen molar-refractivity contribution in [1.82, 2.24) is 9.80 Å². The van der Waals surface area contributed by atoms with Crippen molar-refractivity contribution in [2.24, 2.45) is 0 Å². The summed E-state index contributed by atoms with van der Waals surface area (Å²) in [6.07, 6.45) is 0.513. The molecule has 2 heterocycles. The maximum atomic E-state index is 13.4. The molecule has 2 atom stereocenters. The van der Waals surface area contributed by atoms with Gasteiger partial charge < -0.3 is 14.5 Å². The lowest BCUT2D eigenvalue weighted by Crippen LogP contribution is -2.57. The molecule has 2 saturated heterocycles. The number of esters is 1. The Balaban J connectivity index is 1.27. The molecule has 0 aliphatic carbocycles. The first-order valence-corrected chi connectivity index (χ1v) is 12.0. The van der Waals surface area contributed by atoms with Crippen LogP contribution in [-0.2, 0) is 25.5 Å². The maximum absolute atomic E-state index is 13.4. The molecule has 0 bridgehead atoms. The summed E-state index contributed by atoms with van der Waals surface area (Å²) < 4.78 is 5.93. The Labute approximate surface area is 205 Å². The predicted octanol–water partition coefficient (Wildman–Crippen LogP) is 3.42. The van der Waals surface area contributed by atoms with Crippen molar-refractivity contribution in [2.45, 2.75) is 30.9 Å². The van der Waals surface area contributed by atoms with E-state index < -0.39 is 18.1 Å². The van der Waals surface area contributed by atoms with E-state index in [1.807, 2.05) is 91.0 Å². The van der Waals surface area contributed by atoms with Crippen molar-refractivity contribution in [2.75, 3.05) is 19.6 Å². The highest BCUT2D eigenvalue weighted by molar-refractivity contribution is 5.95. The number of ether oxygens (including phenoxy) is 1. The molecule has 2 fully saturated rings. The minimum absolute atomic E-state index is 0.0678. The zero-order valence-corrected chi connectivity index (χ0v) is 19.5. The quantitative estimate of drug-likeness (QED) is 0.499. The summed E-state index contributed by atoms with van der Waals surface area (Å²) in [4.78, 5) is 42.6. The van der Waals surface area contributed by atoms with E-state index in [2.05, 4.69) is 0 Å². The first kappa shape index (κ1) is 22.8. The summed E-state index contributed by atoms with van der Waals surface area (Å²) in [5.74, 6) is -1.09.